The molecule has 6 rings (SSSR count). The third kappa shape index (κ3) is 7.65. The van der Waals surface area contributed by atoms with Gasteiger partial charge in [0.15, 0.2) is 0 Å². The van der Waals surface area contributed by atoms with Gasteiger partial charge in [-0.15, -0.1) is 0 Å². The molecule has 0 aromatic heterocycles. The molecule has 0 atom stereocenters. The van der Waals surface area contributed by atoms with Crippen molar-refractivity contribution in [1.82, 2.24) is 0 Å². The van der Waals surface area contributed by atoms with Gasteiger partial charge in [0, 0.05) is 0 Å². The van der Waals surface area contributed by atoms with Crippen molar-refractivity contribution in [3.63, 3.8) is 0 Å². The molecule has 6 aromatic carbocycles. The Hall–Kier alpha value is -4.84. The maximum absolute atomic E-state index is 14.1. The van der Waals surface area contributed by atoms with E-state index in [1.165, 1.54) is 11.1 Å². The Morgan fingerprint density at radius 3 is 0.947 bits per heavy atom. The van der Waals surface area contributed by atoms with Crippen molar-refractivity contribution in [2.75, 3.05) is 19.8 Å². The van der Waals surface area contributed by atoms with E-state index < -0.39 is 30.8 Å². The smallest absolute Gasteiger partial charge is 0.128 e. The lowest BCUT2D eigenvalue weighted by molar-refractivity contribution is -0.135. The van der Waals surface area contributed by atoms with Crippen molar-refractivity contribution in [1.29, 1.82) is 0 Å². The van der Waals surface area contributed by atoms with Gasteiger partial charge in [-0.2, -0.15) is 0 Å². The Morgan fingerprint density at radius 2 is 0.649 bits per heavy atom. The second-order valence-corrected chi connectivity index (χ2v) is 17.0. The first kappa shape index (κ1) is 41.8. The van der Waals surface area contributed by atoms with E-state index in [4.69, 9.17) is 0 Å². The number of aliphatic hydroxyl groups is 4. The highest BCUT2D eigenvalue weighted by Crippen LogP contribution is 2.53. The van der Waals surface area contributed by atoms with E-state index in [0.29, 0.717) is 11.1 Å². The van der Waals surface area contributed by atoms with Gasteiger partial charge in [-0.25, -0.2) is 0 Å². The molecule has 6 aromatic rings. The molecule has 0 saturated carbocycles. The maximum Gasteiger partial charge on any atom is 0.128 e. The third-order valence-corrected chi connectivity index (χ3v) is 12.0. The lowest BCUT2D eigenvalue weighted by Gasteiger charge is -2.47. The fourth-order valence-electron chi connectivity index (χ4n) is 8.73. The van der Waals surface area contributed by atoms with Crippen LogP contribution in [0.5, 0.6) is 0 Å². The SMILES string of the molecule is CC(C)c1ccccc1-c1ccc(C(O)(c2ccc(-c3ccccc3C(C)C)cc2-c2ccccc2C(C)C)C(CO)(CO)CO)c(-c2ccccc2C(C)C)c1. The van der Waals surface area contributed by atoms with Crippen molar-refractivity contribution in [3.8, 4) is 44.5 Å². The van der Waals surface area contributed by atoms with Crippen LogP contribution in [-0.4, -0.2) is 40.2 Å². The van der Waals surface area contributed by atoms with Gasteiger partial charge < -0.3 is 20.4 Å². The first-order chi connectivity index (χ1) is 27.3. The first-order valence-corrected chi connectivity index (χ1v) is 20.5. The molecule has 0 aliphatic carbocycles. The molecule has 0 unspecified atom stereocenters. The Kier molecular flexibility index (Phi) is 12.7. The molecule has 4 nitrogen and oxygen atoms in total. The summed E-state index contributed by atoms with van der Waals surface area (Å²) in [6.07, 6.45) is 0. The summed E-state index contributed by atoms with van der Waals surface area (Å²) >= 11 is 0. The molecule has 0 spiro atoms. The summed E-state index contributed by atoms with van der Waals surface area (Å²) in [5.41, 5.74) is 9.34. The van der Waals surface area contributed by atoms with Gasteiger partial charge >= 0.3 is 0 Å². The molecule has 0 heterocycles. The van der Waals surface area contributed by atoms with E-state index in [9.17, 15) is 20.4 Å². The highest BCUT2D eigenvalue weighted by molar-refractivity contribution is 5.84. The van der Waals surface area contributed by atoms with Crippen LogP contribution in [0.3, 0.4) is 0 Å². The van der Waals surface area contributed by atoms with Crippen LogP contribution in [0.25, 0.3) is 44.5 Å². The lowest BCUT2D eigenvalue weighted by Crippen LogP contribution is -2.54. The number of hydrogen-bond acceptors (Lipinski definition) is 4. The zero-order valence-electron chi connectivity index (χ0n) is 34.9. The number of hydrogen-bond donors (Lipinski definition) is 4. The van der Waals surface area contributed by atoms with E-state index >= 15 is 0 Å². The third-order valence-electron chi connectivity index (χ3n) is 12.0. The largest absolute Gasteiger partial charge is 0.395 e. The van der Waals surface area contributed by atoms with Crippen LogP contribution in [0.1, 0.15) is 112 Å². The summed E-state index contributed by atoms with van der Waals surface area (Å²) in [6, 6.07) is 45.7. The molecular formula is C53H60O4. The van der Waals surface area contributed by atoms with Crippen molar-refractivity contribution < 1.29 is 20.4 Å². The second kappa shape index (κ2) is 17.3. The highest BCUT2D eigenvalue weighted by Gasteiger charge is 2.54. The van der Waals surface area contributed by atoms with E-state index in [-0.39, 0.29) is 23.7 Å². The van der Waals surface area contributed by atoms with Crippen LogP contribution in [0.4, 0.5) is 0 Å². The standard InChI is InChI=1S/C53H60O4/c1-34(2)40-17-9-13-21-44(40)38-25-27-50(48(29-38)46-23-15-11-19-42(46)36(5)6)53(57,52(31-54,32-55)33-56)51-28-26-39(45-22-14-10-18-41(45)35(3)4)30-49(51)47-24-16-12-20-43(47)37(7)8/h9-30,34-37,54-57H,31-33H2,1-8H3. The molecule has 0 aliphatic rings. The Morgan fingerprint density at radius 1 is 0.368 bits per heavy atom. The summed E-state index contributed by atoms with van der Waals surface area (Å²) in [7, 11) is 0. The molecular weight excluding hydrogens is 701 g/mol. The fourth-order valence-corrected chi connectivity index (χ4v) is 8.73. The summed E-state index contributed by atoms with van der Waals surface area (Å²) < 4.78 is 0. The molecule has 57 heavy (non-hydrogen) atoms. The Balaban J connectivity index is 1.80. The van der Waals surface area contributed by atoms with E-state index in [0.717, 1.165) is 55.6 Å². The normalized spacial score (nSPS) is 12.4. The van der Waals surface area contributed by atoms with Crippen LogP contribution < -0.4 is 0 Å². The Bertz CT molecular complexity index is 2150. The van der Waals surface area contributed by atoms with E-state index in [1.807, 2.05) is 48.5 Å². The van der Waals surface area contributed by atoms with Crippen molar-refractivity contribution >= 4 is 0 Å². The minimum atomic E-state index is -2.10. The van der Waals surface area contributed by atoms with Gasteiger partial charge in [-0.3, -0.25) is 0 Å². The molecule has 0 radical (unpaired) electrons. The molecule has 0 bridgehead atoms. The van der Waals surface area contributed by atoms with Gasteiger partial charge in [0.05, 0.1) is 25.2 Å². The quantitative estimate of drug-likeness (QED) is 0.0891. The topological polar surface area (TPSA) is 80.9 Å². The highest BCUT2D eigenvalue weighted by atomic mass is 16.3. The maximum atomic E-state index is 14.1. The van der Waals surface area contributed by atoms with Crippen molar-refractivity contribution in [2.24, 2.45) is 5.41 Å². The predicted molar refractivity (Wildman–Crippen MR) is 238 cm³/mol. The Labute approximate surface area is 340 Å². The molecule has 0 amide bonds. The van der Waals surface area contributed by atoms with Crippen molar-refractivity contribution in [2.45, 2.75) is 84.7 Å². The molecule has 4 N–H and O–H groups in total. The first-order valence-electron chi connectivity index (χ1n) is 20.5. The second-order valence-electron chi connectivity index (χ2n) is 17.0. The summed E-state index contributed by atoms with van der Waals surface area (Å²) in [5, 5.41) is 48.4. The minimum Gasteiger partial charge on any atom is -0.395 e. The van der Waals surface area contributed by atoms with Gasteiger partial charge in [0.25, 0.3) is 0 Å². The van der Waals surface area contributed by atoms with Gasteiger partial charge in [0.1, 0.15) is 5.60 Å². The average molecular weight is 761 g/mol. The van der Waals surface area contributed by atoms with Crippen LogP contribution in [0.15, 0.2) is 133 Å². The van der Waals surface area contributed by atoms with Crippen molar-refractivity contribution in [3.05, 3.63) is 167 Å². The van der Waals surface area contributed by atoms with Gasteiger partial charge in [-0.05, 0) is 114 Å². The summed E-state index contributed by atoms with van der Waals surface area (Å²) in [4.78, 5) is 0. The molecule has 296 valence electrons. The minimum absolute atomic E-state index is 0.154. The predicted octanol–water partition coefficient (Wildman–Crippen LogP) is 12.0. The fraction of sp³-hybridized carbons (Fsp3) is 0.321. The number of rotatable bonds is 14. The molecule has 0 aliphatic heterocycles. The lowest BCUT2D eigenvalue weighted by atomic mass is 9.62. The molecule has 4 heteroatoms. The zero-order valence-corrected chi connectivity index (χ0v) is 34.9. The molecule has 0 fully saturated rings. The van der Waals surface area contributed by atoms with E-state index in [2.05, 4.69) is 140 Å². The van der Waals surface area contributed by atoms with Crippen LogP contribution in [0, 0.1) is 5.41 Å². The summed E-state index contributed by atoms with van der Waals surface area (Å²) in [6.45, 7) is 15.4. The zero-order chi connectivity index (χ0) is 41.1. The number of aliphatic hydroxyl groups excluding tert-OH is 3. The molecule has 0 saturated heterocycles. The average Bonchev–Trinajstić information content (AvgIpc) is 3.23. The van der Waals surface area contributed by atoms with Gasteiger partial charge in [-0.1, -0.05) is 177 Å². The summed E-state index contributed by atoms with van der Waals surface area (Å²) in [5.74, 6) is 0.859. The van der Waals surface area contributed by atoms with Crippen LogP contribution in [0.2, 0.25) is 0 Å². The van der Waals surface area contributed by atoms with Crippen LogP contribution in [-0.2, 0) is 5.60 Å². The number of benzene rings is 6. The van der Waals surface area contributed by atoms with E-state index in [1.54, 1.807) is 0 Å². The van der Waals surface area contributed by atoms with Crippen LogP contribution >= 0.6 is 0 Å². The monoisotopic (exact) mass is 760 g/mol. The van der Waals surface area contributed by atoms with Gasteiger partial charge in [0.2, 0.25) is 0 Å².